The lowest BCUT2D eigenvalue weighted by atomic mass is 10.1. The minimum absolute atomic E-state index is 0.276. The van der Waals surface area contributed by atoms with Crippen molar-refractivity contribution in [2.45, 2.75) is 65.2 Å². The Labute approximate surface area is 125 Å². The summed E-state index contributed by atoms with van der Waals surface area (Å²) in [6.45, 7) is 10.1. The van der Waals surface area contributed by atoms with E-state index < -0.39 is 41.5 Å². The molecular formula is C14H25NO6. The fourth-order valence-electron chi connectivity index (χ4n) is 1.27. The van der Waals surface area contributed by atoms with Gasteiger partial charge in [-0.1, -0.05) is 0 Å². The van der Waals surface area contributed by atoms with Crippen molar-refractivity contribution in [1.29, 1.82) is 0 Å². The number of rotatable bonds is 6. The molecule has 0 radical (unpaired) electrons. The molecule has 0 rings (SSSR count). The fraction of sp³-hybridized carbons (Fsp3) is 0.786. The summed E-state index contributed by atoms with van der Waals surface area (Å²) >= 11 is 0. The molecule has 0 aliphatic carbocycles. The van der Waals surface area contributed by atoms with Crippen LogP contribution in [0.4, 0.5) is 0 Å². The Balaban J connectivity index is 4.47. The largest absolute Gasteiger partial charge is 0.480 e. The average Bonchev–Trinajstić information content (AvgIpc) is 2.21. The highest BCUT2D eigenvalue weighted by molar-refractivity contribution is 5.87. The van der Waals surface area contributed by atoms with Crippen molar-refractivity contribution in [2.24, 2.45) is 0 Å². The average molecular weight is 303 g/mol. The fourth-order valence-corrected chi connectivity index (χ4v) is 1.27. The van der Waals surface area contributed by atoms with Gasteiger partial charge in [0.25, 0.3) is 0 Å². The molecule has 0 unspecified atom stereocenters. The Morgan fingerprint density at radius 1 is 1.05 bits per heavy atom. The quantitative estimate of drug-likeness (QED) is 0.712. The van der Waals surface area contributed by atoms with Crippen LogP contribution in [0, 0.1) is 0 Å². The Kier molecular flexibility index (Phi) is 6.82. The van der Waals surface area contributed by atoms with E-state index in [1.165, 1.54) is 0 Å². The maximum absolute atomic E-state index is 11.6. The van der Waals surface area contributed by atoms with Crippen LogP contribution < -0.4 is 5.32 Å². The lowest BCUT2D eigenvalue weighted by Crippen LogP contribution is -2.45. The molecule has 0 aromatic rings. The summed E-state index contributed by atoms with van der Waals surface area (Å²) in [5.41, 5.74) is -1.22. The molecule has 0 bridgehead atoms. The van der Waals surface area contributed by atoms with E-state index in [9.17, 15) is 14.4 Å². The van der Waals surface area contributed by atoms with E-state index in [0.29, 0.717) is 0 Å². The summed E-state index contributed by atoms with van der Waals surface area (Å²) in [5, 5.41) is 11.3. The molecular weight excluding hydrogens is 278 g/mol. The number of aliphatic carboxylic acids is 1. The molecule has 7 nitrogen and oxygen atoms in total. The summed E-state index contributed by atoms with van der Waals surface area (Å²) in [7, 11) is 0. The number of carbonyl (C=O) groups is 3. The smallest absolute Gasteiger partial charge is 0.326 e. The molecule has 21 heavy (non-hydrogen) atoms. The Bertz CT molecular complexity index is 391. The minimum Gasteiger partial charge on any atom is -0.480 e. The zero-order chi connectivity index (χ0) is 16.8. The molecule has 2 N–H and O–H groups in total. The van der Waals surface area contributed by atoms with Gasteiger partial charge in [-0.3, -0.25) is 9.59 Å². The van der Waals surface area contributed by atoms with Crippen LogP contribution in [0.15, 0.2) is 0 Å². The summed E-state index contributed by atoms with van der Waals surface area (Å²) in [5.74, 6) is -2.59. The third-order valence-corrected chi connectivity index (χ3v) is 2.06. The third kappa shape index (κ3) is 10.8. The van der Waals surface area contributed by atoms with E-state index in [1.54, 1.807) is 41.5 Å². The van der Waals surface area contributed by atoms with E-state index in [-0.39, 0.29) is 6.61 Å². The SMILES string of the molecule is CC(C)(C)OCC(=O)N[C@@H](CC(=O)OC(C)(C)C)C(=O)O. The van der Waals surface area contributed by atoms with Gasteiger partial charge in [0, 0.05) is 0 Å². The second kappa shape index (κ2) is 7.40. The second-order valence-electron chi connectivity index (χ2n) is 6.65. The number of nitrogens with one attached hydrogen (secondary N) is 1. The van der Waals surface area contributed by atoms with E-state index in [4.69, 9.17) is 14.6 Å². The molecule has 0 spiro atoms. The highest BCUT2D eigenvalue weighted by Crippen LogP contribution is 2.10. The van der Waals surface area contributed by atoms with E-state index in [2.05, 4.69) is 5.32 Å². The van der Waals surface area contributed by atoms with Crippen molar-refractivity contribution in [3.63, 3.8) is 0 Å². The van der Waals surface area contributed by atoms with Crippen LogP contribution in [0.3, 0.4) is 0 Å². The molecule has 0 fully saturated rings. The summed E-state index contributed by atoms with van der Waals surface area (Å²) < 4.78 is 10.3. The van der Waals surface area contributed by atoms with Crippen LogP contribution in [0.2, 0.25) is 0 Å². The number of amides is 1. The Hall–Kier alpha value is -1.63. The molecule has 0 heterocycles. The standard InChI is InChI=1S/C14H25NO6/c1-13(2,3)20-8-10(16)15-9(12(18)19)7-11(17)21-14(4,5)6/h9H,7-8H2,1-6H3,(H,15,16)(H,18,19)/t9-/m0/s1. The third-order valence-electron chi connectivity index (χ3n) is 2.06. The number of carboxylic acids is 1. The zero-order valence-corrected chi connectivity index (χ0v) is 13.5. The van der Waals surface area contributed by atoms with Crippen molar-refractivity contribution in [3.8, 4) is 0 Å². The van der Waals surface area contributed by atoms with Gasteiger partial charge in [0.05, 0.1) is 12.0 Å². The second-order valence-corrected chi connectivity index (χ2v) is 6.65. The molecule has 7 heteroatoms. The molecule has 0 saturated heterocycles. The number of hydrogen-bond donors (Lipinski definition) is 2. The highest BCUT2D eigenvalue weighted by Gasteiger charge is 2.27. The highest BCUT2D eigenvalue weighted by atomic mass is 16.6. The van der Waals surface area contributed by atoms with Gasteiger partial charge in [0.1, 0.15) is 18.2 Å². The predicted octanol–water partition coefficient (Wildman–Crippen LogP) is 1.10. The number of carboxylic acid groups (broad SMARTS) is 1. The number of esters is 1. The minimum atomic E-state index is -1.34. The van der Waals surface area contributed by atoms with Gasteiger partial charge in [-0.2, -0.15) is 0 Å². The van der Waals surface area contributed by atoms with Crippen molar-refractivity contribution < 1.29 is 29.0 Å². The maximum atomic E-state index is 11.6. The first kappa shape index (κ1) is 19.4. The van der Waals surface area contributed by atoms with Crippen molar-refractivity contribution in [1.82, 2.24) is 5.32 Å². The van der Waals surface area contributed by atoms with Crippen LogP contribution in [-0.4, -0.2) is 46.8 Å². The normalized spacial score (nSPS) is 13.4. The Morgan fingerprint density at radius 3 is 1.95 bits per heavy atom. The van der Waals surface area contributed by atoms with Gasteiger partial charge in [0.15, 0.2) is 0 Å². The lowest BCUT2D eigenvalue weighted by Gasteiger charge is -2.22. The molecule has 122 valence electrons. The molecule has 0 aromatic heterocycles. The van der Waals surface area contributed by atoms with Crippen LogP contribution in [0.1, 0.15) is 48.0 Å². The molecule has 0 aromatic carbocycles. The van der Waals surface area contributed by atoms with Crippen LogP contribution in [-0.2, 0) is 23.9 Å². The van der Waals surface area contributed by atoms with Crippen molar-refractivity contribution in [2.75, 3.05) is 6.61 Å². The van der Waals surface area contributed by atoms with Crippen molar-refractivity contribution in [3.05, 3.63) is 0 Å². The summed E-state index contributed by atoms with van der Waals surface area (Å²) in [4.78, 5) is 34.3. The number of hydrogen-bond acceptors (Lipinski definition) is 5. The van der Waals surface area contributed by atoms with E-state index in [1.807, 2.05) is 0 Å². The first-order chi connectivity index (χ1) is 9.30. The first-order valence-corrected chi connectivity index (χ1v) is 6.68. The van der Waals surface area contributed by atoms with Gasteiger partial charge < -0.3 is 19.9 Å². The molecule has 1 atom stereocenters. The first-order valence-electron chi connectivity index (χ1n) is 6.68. The van der Waals surface area contributed by atoms with Crippen molar-refractivity contribution >= 4 is 17.8 Å². The van der Waals surface area contributed by atoms with Gasteiger partial charge >= 0.3 is 11.9 Å². The molecule has 1 amide bonds. The van der Waals surface area contributed by atoms with Crippen LogP contribution in [0.25, 0.3) is 0 Å². The van der Waals surface area contributed by atoms with Crippen LogP contribution >= 0.6 is 0 Å². The summed E-state index contributed by atoms with van der Waals surface area (Å²) in [6, 6.07) is -1.34. The predicted molar refractivity (Wildman–Crippen MR) is 75.7 cm³/mol. The molecule has 0 aliphatic heterocycles. The van der Waals surface area contributed by atoms with Gasteiger partial charge in [-0.25, -0.2) is 4.79 Å². The number of ether oxygens (including phenoxy) is 2. The molecule has 0 saturated carbocycles. The lowest BCUT2D eigenvalue weighted by molar-refractivity contribution is -0.158. The van der Waals surface area contributed by atoms with E-state index in [0.717, 1.165) is 0 Å². The monoisotopic (exact) mass is 303 g/mol. The van der Waals surface area contributed by atoms with E-state index >= 15 is 0 Å². The van der Waals surface area contributed by atoms with Crippen LogP contribution in [0.5, 0.6) is 0 Å². The maximum Gasteiger partial charge on any atom is 0.326 e. The number of carbonyl (C=O) groups excluding carboxylic acids is 2. The Morgan fingerprint density at radius 2 is 1.57 bits per heavy atom. The molecule has 0 aliphatic rings. The zero-order valence-electron chi connectivity index (χ0n) is 13.5. The van der Waals surface area contributed by atoms with Gasteiger partial charge in [0.2, 0.25) is 5.91 Å². The summed E-state index contributed by atoms with van der Waals surface area (Å²) in [6.07, 6.45) is -0.437. The topological polar surface area (TPSA) is 102 Å². The van der Waals surface area contributed by atoms with Gasteiger partial charge in [-0.05, 0) is 41.5 Å². The van der Waals surface area contributed by atoms with Gasteiger partial charge in [-0.15, -0.1) is 0 Å².